The summed E-state index contributed by atoms with van der Waals surface area (Å²) in [5.74, 6) is -1.51. The quantitative estimate of drug-likeness (QED) is 0.0309. The molecule has 2 amide bonds. The van der Waals surface area contributed by atoms with Crippen LogP contribution in [0.1, 0.15) is 32.1 Å². The second-order valence-electron chi connectivity index (χ2n) is 14.2. The summed E-state index contributed by atoms with van der Waals surface area (Å²) in [7, 11) is -17.7. The highest BCUT2D eigenvalue weighted by Gasteiger charge is 2.47. The fraction of sp³-hybridized carbons (Fsp3) is 0.500. The first-order valence-corrected chi connectivity index (χ1v) is 23.6. The Labute approximate surface area is 355 Å². The minimum absolute atomic E-state index is 0.0289. The standard InChI is InChI=1S/C32H45N8O18P3S/c1-32(2,26(44)29(45)35-8-7-22(42)34-9-10-62-31(46)20(41)11-17-12-36-19-6-4-3-5-18(17)19)14-55-61(52,53)58-60(50,51)54-13-21-25(57-59(47,48)49)24(43)30(56-21)40-16-39-23-27(33)37-15-38-28(23)40/h3-6,12,15-16,20-21,24-26,30,36,41,43-44H,7-11,13-14H2,1-2H3,(H,34,42)(H,35,45)(H,50,51)(H,52,53)(H2,33,37,38)(H2,47,48,49)/p-4/t20-,21-,24-,25-,26+,30-/m1/s1. The fourth-order valence-electron chi connectivity index (χ4n) is 5.95. The van der Waals surface area contributed by atoms with E-state index in [-0.39, 0.29) is 48.7 Å². The van der Waals surface area contributed by atoms with Crippen molar-refractivity contribution in [1.29, 1.82) is 0 Å². The van der Waals surface area contributed by atoms with Gasteiger partial charge in [0.25, 0.3) is 15.6 Å². The number of nitrogen functional groups attached to an aromatic ring is 1. The van der Waals surface area contributed by atoms with Gasteiger partial charge in [-0.05, 0) is 11.6 Å². The number of para-hydroxylation sites is 1. The number of ether oxygens (including phenoxy) is 1. The number of carbonyl (C=O) groups is 3. The number of phosphoric ester groups is 3. The second-order valence-corrected chi connectivity index (χ2v) is 19.4. The molecule has 4 aromatic rings. The summed E-state index contributed by atoms with van der Waals surface area (Å²) in [6.45, 7) is -0.153. The van der Waals surface area contributed by atoms with Crippen LogP contribution in [-0.2, 0) is 57.1 Å². The van der Waals surface area contributed by atoms with Gasteiger partial charge in [0.1, 0.15) is 42.4 Å². The van der Waals surface area contributed by atoms with Gasteiger partial charge in [-0.15, -0.1) is 0 Å². The Morgan fingerprint density at radius 3 is 2.48 bits per heavy atom. The summed E-state index contributed by atoms with van der Waals surface area (Å²) in [6, 6.07) is 7.43. The molecule has 1 fully saturated rings. The van der Waals surface area contributed by atoms with E-state index in [9.17, 15) is 63.0 Å². The molecule has 342 valence electrons. The first-order chi connectivity index (χ1) is 29.0. The first-order valence-electron chi connectivity index (χ1n) is 18.2. The lowest BCUT2D eigenvalue weighted by Gasteiger charge is -2.36. The van der Waals surface area contributed by atoms with E-state index in [0.29, 0.717) is 0 Å². The smallest absolute Gasteiger partial charge is 0.274 e. The first kappa shape index (κ1) is 49.3. The highest BCUT2D eigenvalue weighted by atomic mass is 32.2. The third kappa shape index (κ3) is 13.2. The predicted octanol–water partition coefficient (Wildman–Crippen LogP) is -2.78. The summed E-state index contributed by atoms with van der Waals surface area (Å²) in [4.78, 5) is 99.9. The van der Waals surface area contributed by atoms with Crippen LogP contribution in [0.3, 0.4) is 0 Å². The number of aromatic nitrogens is 5. The Morgan fingerprint density at radius 1 is 1.05 bits per heavy atom. The van der Waals surface area contributed by atoms with Crippen molar-refractivity contribution in [2.24, 2.45) is 5.41 Å². The number of nitrogens with zero attached hydrogens (tertiary/aromatic N) is 4. The van der Waals surface area contributed by atoms with E-state index in [0.717, 1.165) is 45.5 Å². The van der Waals surface area contributed by atoms with Crippen molar-refractivity contribution in [3.63, 3.8) is 0 Å². The number of anilines is 1. The highest BCUT2D eigenvalue weighted by molar-refractivity contribution is 8.13. The Balaban J connectivity index is 1.02. The second kappa shape index (κ2) is 20.4. The molecule has 1 aliphatic rings. The van der Waals surface area contributed by atoms with Crippen molar-refractivity contribution in [3.05, 3.63) is 48.7 Å². The Hall–Kier alpha value is -3.72. The normalized spacial score (nSPS) is 21.3. The number of aliphatic hydroxyl groups excluding tert-OH is 3. The number of aromatic amines is 1. The average Bonchev–Trinajstić information content (AvgIpc) is 3.89. The molecule has 8 N–H and O–H groups in total. The van der Waals surface area contributed by atoms with Crippen molar-refractivity contribution in [1.82, 2.24) is 35.1 Å². The van der Waals surface area contributed by atoms with E-state index in [2.05, 4.69) is 48.5 Å². The number of hydrogen-bond donors (Lipinski definition) is 7. The number of nitrogens with two attached hydrogens (primary N) is 1. The lowest BCUT2D eigenvalue weighted by molar-refractivity contribution is -0.347. The van der Waals surface area contributed by atoms with Crippen molar-refractivity contribution >= 4 is 80.0 Å². The number of phosphoric acid groups is 3. The van der Waals surface area contributed by atoms with E-state index in [1.54, 1.807) is 6.20 Å². The van der Waals surface area contributed by atoms with Gasteiger partial charge in [-0.2, -0.15) is 0 Å². The zero-order chi connectivity index (χ0) is 45.6. The van der Waals surface area contributed by atoms with Gasteiger partial charge >= 0.3 is 0 Å². The molecule has 0 bridgehead atoms. The Bertz CT molecular complexity index is 2380. The fourth-order valence-corrected chi connectivity index (χ4v) is 9.36. The van der Waals surface area contributed by atoms with Crippen LogP contribution in [0.15, 0.2) is 43.1 Å². The Morgan fingerprint density at radius 2 is 1.76 bits per heavy atom. The molecule has 30 heteroatoms. The molecule has 0 aliphatic carbocycles. The summed E-state index contributed by atoms with van der Waals surface area (Å²) in [5.41, 5.74) is 5.67. The number of thioether (sulfide) groups is 1. The van der Waals surface area contributed by atoms with Crippen LogP contribution in [0, 0.1) is 5.41 Å². The minimum atomic E-state index is -5.94. The topological polar surface area (TPSA) is 411 Å². The number of carbonyl (C=O) groups excluding carboxylic acids is 3. The molecule has 1 aliphatic heterocycles. The van der Waals surface area contributed by atoms with Crippen molar-refractivity contribution in [2.45, 2.75) is 63.4 Å². The molecule has 8 atom stereocenters. The molecule has 0 saturated carbocycles. The third-order valence-electron chi connectivity index (χ3n) is 9.08. The van der Waals surface area contributed by atoms with Gasteiger partial charge in [-0.3, -0.25) is 28.1 Å². The van der Waals surface area contributed by atoms with E-state index >= 15 is 0 Å². The van der Waals surface area contributed by atoms with E-state index < -0.39 is 95.8 Å². The van der Waals surface area contributed by atoms with Crippen molar-refractivity contribution in [2.75, 3.05) is 37.8 Å². The number of nitrogens with one attached hydrogen (secondary N) is 3. The van der Waals surface area contributed by atoms with Gasteiger partial charge in [-0.25, -0.2) is 19.3 Å². The molecular formula is C32H41N8O18P3S-4. The Kier molecular flexibility index (Phi) is 16.2. The molecule has 1 saturated heterocycles. The van der Waals surface area contributed by atoms with Crippen molar-refractivity contribution < 1.29 is 85.6 Å². The zero-order valence-electron chi connectivity index (χ0n) is 32.5. The maximum atomic E-state index is 12.6. The molecule has 3 aromatic heterocycles. The van der Waals surface area contributed by atoms with Crippen LogP contribution in [0.25, 0.3) is 22.1 Å². The van der Waals surface area contributed by atoms with Crippen LogP contribution in [0.2, 0.25) is 0 Å². The molecule has 2 unspecified atom stereocenters. The summed E-state index contributed by atoms with van der Waals surface area (Å²) in [6.07, 6.45) is -7.18. The van der Waals surface area contributed by atoms with Gasteiger partial charge in [-0.1, -0.05) is 43.8 Å². The molecule has 4 heterocycles. The summed E-state index contributed by atoms with van der Waals surface area (Å²) in [5, 5.41) is 37.0. The predicted molar refractivity (Wildman–Crippen MR) is 206 cm³/mol. The number of hydrogen-bond acceptors (Lipinski definition) is 23. The van der Waals surface area contributed by atoms with Gasteiger partial charge in [0.15, 0.2) is 17.7 Å². The van der Waals surface area contributed by atoms with Crippen molar-refractivity contribution in [3.8, 4) is 0 Å². The number of imidazole rings is 1. The average molecular weight is 951 g/mol. The van der Waals surface area contributed by atoms with Crippen LogP contribution < -0.4 is 35.9 Å². The number of benzene rings is 1. The monoisotopic (exact) mass is 950 g/mol. The number of H-pyrrole nitrogens is 1. The highest BCUT2D eigenvalue weighted by Crippen LogP contribution is 2.56. The molecule has 5 rings (SSSR count). The third-order valence-corrected chi connectivity index (χ3v) is 13.1. The molecule has 0 spiro atoms. The molecule has 1 aromatic carbocycles. The van der Waals surface area contributed by atoms with Crippen LogP contribution in [-0.4, -0.2) is 119 Å². The number of rotatable bonds is 22. The molecular weight excluding hydrogens is 909 g/mol. The zero-order valence-corrected chi connectivity index (χ0v) is 36.0. The number of fused-ring (bicyclic) bond motifs is 2. The van der Waals surface area contributed by atoms with Gasteiger partial charge in [0.05, 0.1) is 27.4 Å². The maximum Gasteiger partial charge on any atom is 0.274 e. The summed E-state index contributed by atoms with van der Waals surface area (Å²) < 4.78 is 60.6. The largest absolute Gasteiger partial charge is 0.790 e. The van der Waals surface area contributed by atoms with E-state index in [1.807, 2.05) is 24.3 Å². The minimum Gasteiger partial charge on any atom is -0.790 e. The van der Waals surface area contributed by atoms with E-state index in [4.69, 9.17) is 10.5 Å². The number of aliphatic hydroxyl groups is 3. The van der Waals surface area contributed by atoms with Gasteiger partial charge in [0, 0.05) is 54.2 Å². The van der Waals surface area contributed by atoms with Gasteiger partial charge in [0.2, 0.25) is 16.9 Å². The maximum absolute atomic E-state index is 12.6. The van der Waals surface area contributed by atoms with Crippen LogP contribution in [0.4, 0.5) is 5.82 Å². The molecule has 0 radical (unpaired) electrons. The lowest BCUT2D eigenvalue weighted by atomic mass is 9.87. The molecule has 26 nitrogen and oxygen atoms in total. The van der Waals surface area contributed by atoms with E-state index in [1.165, 1.54) is 13.8 Å². The molecule has 62 heavy (non-hydrogen) atoms. The summed E-state index contributed by atoms with van der Waals surface area (Å²) >= 11 is 0.834. The SMILES string of the molecule is CC(C)(COP(=O)([O-])OP(=O)([O-])OC[C@H]1O[C@@H](n2cnc3c(N)ncnc32)[C@H](O)[C@@H]1OP(=O)([O-])[O-])[C@@H](O)C(=O)NCCC(=O)NCCSC(=O)[C@H](O)Cc1c[nH]c2ccccc12. The number of amides is 2. The van der Waals surface area contributed by atoms with Crippen LogP contribution in [0.5, 0.6) is 0 Å². The lowest BCUT2D eigenvalue weighted by Crippen LogP contribution is -2.46. The van der Waals surface area contributed by atoms with Crippen LogP contribution >= 0.6 is 35.2 Å². The van der Waals surface area contributed by atoms with Gasteiger partial charge < -0.3 is 79.1 Å².